The molecule has 0 fully saturated rings. The van der Waals surface area contributed by atoms with E-state index in [9.17, 15) is 4.79 Å². The number of nitrogens with zero attached hydrogens (tertiary/aromatic N) is 2. The van der Waals surface area contributed by atoms with Crippen LogP contribution in [0.4, 0.5) is 0 Å². The van der Waals surface area contributed by atoms with Crippen molar-refractivity contribution in [3.63, 3.8) is 0 Å². The molecule has 20 heavy (non-hydrogen) atoms. The molecule has 0 bridgehead atoms. The Labute approximate surface area is 131 Å². The molecule has 0 unspecified atom stereocenters. The van der Waals surface area contributed by atoms with Gasteiger partial charge in [-0.2, -0.15) is 0 Å². The highest BCUT2D eigenvalue weighted by atomic mass is 79.9. The summed E-state index contributed by atoms with van der Waals surface area (Å²) in [5.74, 6) is 0.601. The number of carbonyl (C=O) groups excluding carboxylic acids is 1. The Bertz CT molecular complexity index is 415. The van der Waals surface area contributed by atoms with Crippen molar-refractivity contribution in [3.05, 3.63) is 35.4 Å². The Morgan fingerprint density at radius 1 is 1.15 bits per heavy atom. The van der Waals surface area contributed by atoms with Crippen LogP contribution in [0.15, 0.2) is 24.3 Å². The number of alkyl halides is 1. The monoisotopic (exact) mass is 340 g/mol. The van der Waals surface area contributed by atoms with Crippen LogP contribution in [0.5, 0.6) is 0 Å². The zero-order chi connectivity index (χ0) is 15.1. The van der Waals surface area contributed by atoms with E-state index in [1.165, 1.54) is 5.56 Å². The van der Waals surface area contributed by atoms with Crippen molar-refractivity contribution in [2.75, 3.05) is 33.7 Å². The predicted octanol–water partition coefficient (Wildman–Crippen LogP) is 3.24. The molecule has 0 radical (unpaired) electrons. The van der Waals surface area contributed by atoms with E-state index in [0.717, 1.165) is 30.5 Å². The Kier molecular flexibility index (Phi) is 7.24. The summed E-state index contributed by atoms with van der Waals surface area (Å²) >= 11 is 3.42. The van der Waals surface area contributed by atoms with Gasteiger partial charge in [0.15, 0.2) is 0 Å². The third-order valence-corrected chi connectivity index (χ3v) is 3.69. The summed E-state index contributed by atoms with van der Waals surface area (Å²) < 4.78 is 0. The highest BCUT2D eigenvalue weighted by molar-refractivity contribution is 9.08. The maximum atomic E-state index is 12.6. The van der Waals surface area contributed by atoms with Crippen LogP contribution in [0.25, 0.3) is 0 Å². The second kappa shape index (κ2) is 8.42. The largest absolute Gasteiger partial charge is 0.337 e. The van der Waals surface area contributed by atoms with Gasteiger partial charge >= 0.3 is 0 Å². The Morgan fingerprint density at radius 3 is 2.20 bits per heavy atom. The minimum atomic E-state index is 0.127. The molecule has 0 saturated carbocycles. The molecule has 1 aromatic rings. The number of hydrogen-bond donors (Lipinski definition) is 0. The van der Waals surface area contributed by atoms with E-state index < -0.39 is 0 Å². The van der Waals surface area contributed by atoms with E-state index in [0.29, 0.717) is 5.92 Å². The lowest BCUT2D eigenvalue weighted by Crippen LogP contribution is -2.39. The number of rotatable bonds is 7. The first-order valence-electron chi connectivity index (χ1n) is 7.03. The minimum Gasteiger partial charge on any atom is -0.337 e. The highest BCUT2D eigenvalue weighted by Gasteiger charge is 2.16. The van der Waals surface area contributed by atoms with Gasteiger partial charge in [0, 0.05) is 30.5 Å². The first-order valence-corrected chi connectivity index (χ1v) is 8.15. The van der Waals surface area contributed by atoms with Crippen molar-refractivity contribution in [1.82, 2.24) is 9.80 Å². The molecule has 4 heteroatoms. The zero-order valence-corrected chi connectivity index (χ0v) is 14.5. The molecule has 0 spiro atoms. The highest BCUT2D eigenvalue weighted by Crippen LogP contribution is 2.11. The first kappa shape index (κ1) is 17.2. The van der Waals surface area contributed by atoms with E-state index in [-0.39, 0.29) is 5.91 Å². The molecular weight excluding hydrogens is 316 g/mol. The van der Waals surface area contributed by atoms with Gasteiger partial charge in [0.1, 0.15) is 0 Å². The lowest BCUT2D eigenvalue weighted by atomic mass is 10.1. The summed E-state index contributed by atoms with van der Waals surface area (Å²) in [6.07, 6.45) is 0. The normalized spacial score (nSPS) is 11.2. The molecule has 112 valence electrons. The first-order chi connectivity index (χ1) is 9.43. The van der Waals surface area contributed by atoms with Gasteiger partial charge in [-0.15, -0.1) is 0 Å². The van der Waals surface area contributed by atoms with E-state index in [2.05, 4.69) is 34.7 Å². The van der Waals surface area contributed by atoms with Gasteiger partial charge in [0.05, 0.1) is 0 Å². The van der Waals surface area contributed by atoms with Gasteiger partial charge in [0.25, 0.3) is 5.91 Å². The van der Waals surface area contributed by atoms with Crippen LogP contribution in [0.2, 0.25) is 0 Å². The predicted molar refractivity (Wildman–Crippen MR) is 88.4 cm³/mol. The molecule has 0 saturated heterocycles. The van der Waals surface area contributed by atoms with E-state index in [4.69, 9.17) is 0 Å². The molecule has 0 aliphatic carbocycles. The fourth-order valence-corrected chi connectivity index (χ4v) is 2.33. The number of amides is 1. The van der Waals surface area contributed by atoms with Crippen LogP contribution in [-0.2, 0) is 5.33 Å². The lowest BCUT2D eigenvalue weighted by molar-refractivity contribution is 0.0724. The van der Waals surface area contributed by atoms with Gasteiger partial charge in [-0.25, -0.2) is 0 Å². The maximum absolute atomic E-state index is 12.6. The van der Waals surface area contributed by atoms with Crippen molar-refractivity contribution in [1.29, 1.82) is 0 Å². The Hall–Kier alpha value is -0.870. The van der Waals surface area contributed by atoms with Crippen LogP contribution in [-0.4, -0.2) is 49.4 Å². The summed E-state index contributed by atoms with van der Waals surface area (Å²) in [4.78, 5) is 16.6. The van der Waals surface area contributed by atoms with Gasteiger partial charge in [-0.3, -0.25) is 4.79 Å². The van der Waals surface area contributed by atoms with Gasteiger partial charge < -0.3 is 9.80 Å². The molecule has 0 aliphatic heterocycles. The van der Waals surface area contributed by atoms with E-state index in [1.807, 2.05) is 43.3 Å². The van der Waals surface area contributed by atoms with E-state index in [1.54, 1.807) is 0 Å². The average molecular weight is 341 g/mol. The molecule has 1 amide bonds. The van der Waals surface area contributed by atoms with Crippen molar-refractivity contribution >= 4 is 21.8 Å². The standard InChI is InChI=1S/C16H25BrN2O/c1-13(2)12-19(10-9-18(3)4)16(20)15-7-5-14(11-17)6-8-15/h5-8,13H,9-12H2,1-4H3. The fraction of sp³-hybridized carbons (Fsp3) is 0.562. The SMILES string of the molecule is CC(C)CN(CCN(C)C)C(=O)c1ccc(CBr)cc1. The maximum Gasteiger partial charge on any atom is 0.253 e. The topological polar surface area (TPSA) is 23.6 Å². The van der Waals surface area contributed by atoms with Crippen molar-refractivity contribution in [3.8, 4) is 0 Å². The van der Waals surface area contributed by atoms with Crippen LogP contribution in [0.1, 0.15) is 29.8 Å². The van der Waals surface area contributed by atoms with Gasteiger partial charge in [-0.1, -0.05) is 41.9 Å². The quantitative estimate of drug-likeness (QED) is 0.711. The molecule has 0 aromatic heterocycles. The molecular formula is C16H25BrN2O. The third-order valence-electron chi connectivity index (χ3n) is 3.05. The summed E-state index contributed by atoms with van der Waals surface area (Å²) in [7, 11) is 4.06. The number of benzene rings is 1. The lowest BCUT2D eigenvalue weighted by Gasteiger charge is -2.26. The number of halogens is 1. The molecule has 0 N–H and O–H groups in total. The van der Waals surface area contributed by atoms with Crippen LogP contribution >= 0.6 is 15.9 Å². The van der Waals surface area contributed by atoms with Gasteiger partial charge in [0.2, 0.25) is 0 Å². The molecule has 0 heterocycles. The number of carbonyl (C=O) groups is 1. The Morgan fingerprint density at radius 2 is 1.75 bits per heavy atom. The average Bonchev–Trinajstić information content (AvgIpc) is 2.42. The molecule has 3 nitrogen and oxygen atoms in total. The molecule has 1 rings (SSSR count). The summed E-state index contributed by atoms with van der Waals surface area (Å²) in [5.41, 5.74) is 1.96. The fourth-order valence-electron chi connectivity index (χ4n) is 1.96. The molecule has 0 atom stereocenters. The molecule has 1 aromatic carbocycles. The number of hydrogen-bond acceptors (Lipinski definition) is 2. The summed E-state index contributed by atoms with van der Waals surface area (Å²) in [5, 5.41) is 0.817. The second-order valence-electron chi connectivity index (χ2n) is 5.78. The van der Waals surface area contributed by atoms with Crippen LogP contribution in [0.3, 0.4) is 0 Å². The molecule has 0 aliphatic rings. The smallest absolute Gasteiger partial charge is 0.253 e. The Balaban J connectivity index is 2.79. The van der Waals surface area contributed by atoms with Crippen molar-refractivity contribution < 1.29 is 4.79 Å². The van der Waals surface area contributed by atoms with Crippen molar-refractivity contribution in [2.45, 2.75) is 19.2 Å². The van der Waals surface area contributed by atoms with Crippen LogP contribution < -0.4 is 0 Å². The second-order valence-corrected chi connectivity index (χ2v) is 6.34. The minimum absolute atomic E-state index is 0.127. The van der Waals surface area contributed by atoms with Crippen LogP contribution in [0, 0.1) is 5.92 Å². The zero-order valence-electron chi connectivity index (χ0n) is 12.9. The van der Waals surface area contributed by atoms with Gasteiger partial charge in [-0.05, 0) is 37.7 Å². The third kappa shape index (κ3) is 5.63. The van der Waals surface area contributed by atoms with Crippen molar-refractivity contribution in [2.24, 2.45) is 5.92 Å². The summed E-state index contributed by atoms with van der Waals surface area (Å²) in [6.45, 7) is 6.74. The number of likely N-dealkylation sites (N-methyl/N-ethyl adjacent to an activating group) is 1. The summed E-state index contributed by atoms with van der Waals surface area (Å²) in [6, 6.07) is 7.84. The van der Waals surface area contributed by atoms with E-state index >= 15 is 0 Å².